The number of nitriles is 1. The molecule has 2 heterocycles. The van der Waals surface area contributed by atoms with Gasteiger partial charge in [-0.2, -0.15) is 5.26 Å². The summed E-state index contributed by atoms with van der Waals surface area (Å²) < 4.78 is 7.16. The summed E-state index contributed by atoms with van der Waals surface area (Å²) in [6, 6.07) is 11.9. The van der Waals surface area contributed by atoms with Crippen molar-refractivity contribution in [2.45, 2.75) is 39.2 Å². The fourth-order valence-corrected chi connectivity index (χ4v) is 3.96. The summed E-state index contributed by atoms with van der Waals surface area (Å²) in [6.45, 7) is 2.57. The summed E-state index contributed by atoms with van der Waals surface area (Å²) in [4.78, 5) is 19.8. The second-order valence-corrected chi connectivity index (χ2v) is 7.14. The lowest BCUT2D eigenvalue weighted by Gasteiger charge is -2.13. The van der Waals surface area contributed by atoms with Crippen molar-refractivity contribution in [1.82, 2.24) is 9.55 Å². The first kappa shape index (κ1) is 18.2. The summed E-state index contributed by atoms with van der Waals surface area (Å²) in [5.41, 5.74) is 0.969. The number of hydrogen-bond donors (Lipinski definition) is 0. The zero-order valence-electron chi connectivity index (χ0n) is 15.0. The molecule has 0 aliphatic rings. The molecule has 134 valence electrons. The van der Waals surface area contributed by atoms with Crippen molar-refractivity contribution in [3.05, 3.63) is 57.0 Å². The number of methoxy groups -OCH3 is 1. The molecule has 0 unspecified atom stereocenters. The Kier molecular flexibility index (Phi) is 5.69. The van der Waals surface area contributed by atoms with Crippen molar-refractivity contribution in [3.63, 3.8) is 0 Å². The van der Waals surface area contributed by atoms with Crippen LogP contribution < -0.4 is 10.3 Å². The Morgan fingerprint density at radius 3 is 2.88 bits per heavy atom. The van der Waals surface area contributed by atoms with Crippen molar-refractivity contribution in [2.24, 2.45) is 0 Å². The highest BCUT2D eigenvalue weighted by Crippen LogP contribution is 2.25. The zero-order valence-corrected chi connectivity index (χ0v) is 15.8. The quantitative estimate of drug-likeness (QED) is 0.594. The van der Waals surface area contributed by atoms with E-state index in [1.54, 1.807) is 23.0 Å². The molecule has 0 aliphatic heterocycles. The Hall–Kier alpha value is -2.65. The molecule has 0 aliphatic carbocycles. The third-order valence-corrected chi connectivity index (χ3v) is 5.51. The van der Waals surface area contributed by atoms with Gasteiger partial charge in [0, 0.05) is 29.8 Å². The Labute approximate surface area is 156 Å². The smallest absolute Gasteiger partial charge is 0.262 e. The summed E-state index contributed by atoms with van der Waals surface area (Å²) in [5, 5.41) is 9.50. The first-order valence-corrected chi connectivity index (χ1v) is 9.50. The molecule has 0 bridgehead atoms. The van der Waals surface area contributed by atoms with Crippen LogP contribution in [-0.4, -0.2) is 16.7 Å². The normalized spacial score (nSPS) is 10.8. The minimum absolute atomic E-state index is 0.0196. The first-order chi connectivity index (χ1) is 12.7. The van der Waals surface area contributed by atoms with Gasteiger partial charge in [-0.3, -0.25) is 9.36 Å². The monoisotopic (exact) mass is 367 g/mol. The Bertz CT molecular complexity index is 1010. The zero-order chi connectivity index (χ0) is 18.5. The van der Waals surface area contributed by atoms with E-state index in [-0.39, 0.29) is 5.56 Å². The number of fused-ring (bicyclic) bond motifs is 1. The van der Waals surface area contributed by atoms with Crippen molar-refractivity contribution >= 4 is 21.6 Å². The average molecular weight is 367 g/mol. The molecule has 6 heteroatoms. The van der Waals surface area contributed by atoms with E-state index in [2.05, 4.69) is 13.0 Å². The number of rotatable bonds is 7. The van der Waals surface area contributed by atoms with Crippen LogP contribution in [0.5, 0.6) is 5.75 Å². The molecule has 0 fully saturated rings. The number of aromatic nitrogens is 2. The van der Waals surface area contributed by atoms with Gasteiger partial charge in [-0.05, 0) is 25.0 Å². The highest BCUT2D eigenvalue weighted by Gasteiger charge is 2.15. The van der Waals surface area contributed by atoms with E-state index < -0.39 is 0 Å². The van der Waals surface area contributed by atoms with Gasteiger partial charge in [0.2, 0.25) is 0 Å². The molecule has 26 heavy (non-hydrogen) atoms. The minimum Gasteiger partial charge on any atom is -0.496 e. The van der Waals surface area contributed by atoms with Gasteiger partial charge in [0.1, 0.15) is 16.4 Å². The van der Waals surface area contributed by atoms with Gasteiger partial charge >= 0.3 is 0 Å². The largest absolute Gasteiger partial charge is 0.496 e. The molecule has 0 N–H and O–H groups in total. The fraction of sp³-hybridized carbons (Fsp3) is 0.350. The first-order valence-electron chi connectivity index (χ1n) is 8.69. The molecule has 0 saturated heterocycles. The molecule has 5 nitrogen and oxygen atoms in total. The second kappa shape index (κ2) is 8.15. The maximum atomic E-state index is 13.0. The SMILES string of the molecule is CCc1cc2c(=O)n(CCCC#N)c(Cc3ccccc3OC)nc2s1. The fourth-order valence-electron chi connectivity index (χ4n) is 2.98. The van der Waals surface area contributed by atoms with E-state index in [4.69, 9.17) is 15.0 Å². The summed E-state index contributed by atoms with van der Waals surface area (Å²) >= 11 is 1.58. The van der Waals surface area contributed by atoms with Gasteiger partial charge in [-0.25, -0.2) is 4.98 Å². The Balaban J connectivity index is 2.10. The number of unbranched alkanes of at least 4 members (excludes halogenated alkanes) is 1. The molecule has 1 aromatic carbocycles. The number of thiophene rings is 1. The molecule has 0 amide bonds. The Morgan fingerprint density at radius 2 is 2.15 bits per heavy atom. The summed E-state index contributed by atoms with van der Waals surface area (Å²) in [7, 11) is 1.64. The second-order valence-electron chi connectivity index (χ2n) is 6.02. The molecular formula is C20H21N3O2S. The standard InChI is InChI=1S/C20H21N3O2S/c1-3-15-13-16-19(26-15)22-18(23(20(16)24)11-7-6-10-21)12-14-8-4-5-9-17(14)25-2/h4-5,8-9,13H,3,6-7,11-12H2,1-2H3. The number of benzene rings is 1. The van der Waals surface area contributed by atoms with Gasteiger partial charge in [-0.1, -0.05) is 25.1 Å². The van der Waals surface area contributed by atoms with Crippen LogP contribution in [0.4, 0.5) is 0 Å². The van der Waals surface area contributed by atoms with Gasteiger partial charge in [0.15, 0.2) is 0 Å². The lowest BCUT2D eigenvalue weighted by molar-refractivity contribution is 0.410. The van der Waals surface area contributed by atoms with Crippen LogP contribution in [0.15, 0.2) is 35.1 Å². The molecule has 0 radical (unpaired) electrons. The van der Waals surface area contributed by atoms with Crippen LogP contribution in [0.2, 0.25) is 0 Å². The number of hydrogen-bond acceptors (Lipinski definition) is 5. The van der Waals surface area contributed by atoms with Crippen LogP contribution in [-0.2, 0) is 19.4 Å². The van der Waals surface area contributed by atoms with Crippen LogP contribution in [0, 0.1) is 11.3 Å². The summed E-state index contributed by atoms with van der Waals surface area (Å²) in [5.74, 6) is 1.50. The highest BCUT2D eigenvalue weighted by molar-refractivity contribution is 7.18. The topological polar surface area (TPSA) is 67.9 Å². The molecule has 0 spiro atoms. The van der Waals surface area contributed by atoms with Gasteiger partial charge in [0.05, 0.1) is 18.6 Å². The van der Waals surface area contributed by atoms with Gasteiger partial charge in [0.25, 0.3) is 5.56 Å². The maximum absolute atomic E-state index is 13.0. The molecular weight excluding hydrogens is 346 g/mol. The molecule has 0 saturated carbocycles. The van der Waals surface area contributed by atoms with Crippen LogP contribution in [0.25, 0.3) is 10.2 Å². The van der Waals surface area contributed by atoms with E-state index in [1.807, 2.05) is 30.3 Å². The van der Waals surface area contributed by atoms with Crippen molar-refractivity contribution in [2.75, 3.05) is 7.11 Å². The molecule has 2 aromatic heterocycles. The van der Waals surface area contributed by atoms with E-state index in [9.17, 15) is 4.79 Å². The summed E-state index contributed by atoms with van der Waals surface area (Å²) in [6.07, 6.45) is 2.45. The predicted octanol–water partition coefficient (Wildman–Crippen LogP) is 3.92. The number of nitrogens with zero attached hydrogens (tertiary/aromatic N) is 3. The van der Waals surface area contributed by atoms with Crippen molar-refractivity contribution < 1.29 is 4.74 Å². The van der Waals surface area contributed by atoms with Crippen LogP contribution in [0.3, 0.4) is 0 Å². The van der Waals surface area contributed by atoms with E-state index >= 15 is 0 Å². The number of para-hydroxylation sites is 1. The third kappa shape index (κ3) is 3.63. The number of aryl methyl sites for hydroxylation is 1. The Morgan fingerprint density at radius 1 is 1.35 bits per heavy atom. The molecule has 0 atom stereocenters. The van der Waals surface area contributed by atoms with Crippen LogP contribution >= 0.6 is 11.3 Å². The highest BCUT2D eigenvalue weighted by atomic mass is 32.1. The average Bonchev–Trinajstić information content (AvgIpc) is 3.08. The lowest BCUT2D eigenvalue weighted by Crippen LogP contribution is -2.25. The molecule has 3 aromatic rings. The van der Waals surface area contributed by atoms with E-state index in [1.165, 1.54) is 0 Å². The number of ether oxygens (including phenoxy) is 1. The van der Waals surface area contributed by atoms with E-state index in [0.29, 0.717) is 31.2 Å². The van der Waals surface area contributed by atoms with Crippen molar-refractivity contribution in [1.29, 1.82) is 5.26 Å². The minimum atomic E-state index is -0.0196. The van der Waals surface area contributed by atoms with Crippen LogP contribution in [0.1, 0.15) is 36.0 Å². The van der Waals surface area contributed by atoms with Crippen molar-refractivity contribution in [3.8, 4) is 11.8 Å². The molecule has 3 rings (SSSR count). The van der Waals surface area contributed by atoms with E-state index in [0.717, 1.165) is 33.3 Å². The lowest BCUT2D eigenvalue weighted by atomic mass is 10.1. The van der Waals surface area contributed by atoms with Gasteiger partial charge < -0.3 is 4.74 Å². The predicted molar refractivity (Wildman–Crippen MR) is 104 cm³/mol. The maximum Gasteiger partial charge on any atom is 0.262 e. The van der Waals surface area contributed by atoms with Gasteiger partial charge in [-0.15, -0.1) is 11.3 Å². The third-order valence-electron chi connectivity index (χ3n) is 4.34.